The van der Waals surface area contributed by atoms with Gasteiger partial charge in [-0.1, -0.05) is 19.8 Å². The van der Waals surface area contributed by atoms with E-state index in [1.54, 1.807) is 24.3 Å². The molecule has 0 aromatic heterocycles. The number of ether oxygens (including phenoxy) is 1. The molecule has 0 saturated heterocycles. The largest absolute Gasteiger partial charge is 0.488 e. The van der Waals surface area contributed by atoms with Crippen LogP contribution in [0.5, 0.6) is 5.75 Å². The molecule has 0 aliphatic rings. The van der Waals surface area contributed by atoms with Crippen LogP contribution in [0.4, 0.5) is 5.69 Å². The van der Waals surface area contributed by atoms with Gasteiger partial charge < -0.3 is 9.84 Å². The van der Waals surface area contributed by atoms with Crippen LogP contribution in [0.1, 0.15) is 46.5 Å². The summed E-state index contributed by atoms with van der Waals surface area (Å²) >= 11 is 0. The third-order valence-electron chi connectivity index (χ3n) is 3.25. The topological polar surface area (TPSA) is 75.6 Å². The first kappa shape index (κ1) is 18.8. The molecule has 126 valence electrons. The Balaban J connectivity index is 2.61. The molecule has 1 aromatic rings. The fourth-order valence-corrected chi connectivity index (χ4v) is 3.18. The van der Waals surface area contributed by atoms with Crippen LogP contribution in [0.15, 0.2) is 24.3 Å². The number of hydrogen-bond acceptors (Lipinski definition) is 4. The maximum absolute atomic E-state index is 11.9. The van der Waals surface area contributed by atoms with E-state index in [9.17, 15) is 8.42 Å². The fraction of sp³-hybridized carbons (Fsp3) is 0.625. The number of nitrogens with one attached hydrogen (secondary N) is 1. The van der Waals surface area contributed by atoms with Gasteiger partial charge >= 0.3 is 0 Å². The van der Waals surface area contributed by atoms with Gasteiger partial charge in [-0.15, -0.1) is 0 Å². The lowest BCUT2D eigenvalue weighted by Gasteiger charge is -2.25. The summed E-state index contributed by atoms with van der Waals surface area (Å²) in [5.41, 5.74) is 0.0689. The molecule has 5 nitrogen and oxygen atoms in total. The number of rotatable bonds is 10. The zero-order valence-corrected chi connectivity index (χ0v) is 14.4. The first-order valence-corrected chi connectivity index (χ1v) is 9.33. The van der Waals surface area contributed by atoms with Crippen LogP contribution in [0.3, 0.4) is 0 Å². The molecule has 1 aromatic carbocycles. The molecule has 0 bridgehead atoms. The Morgan fingerprint density at radius 2 is 1.82 bits per heavy atom. The van der Waals surface area contributed by atoms with Crippen molar-refractivity contribution in [2.24, 2.45) is 0 Å². The molecular weight excluding hydrogens is 302 g/mol. The van der Waals surface area contributed by atoms with E-state index in [0.717, 1.165) is 12.8 Å². The van der Waals surface area contributed by atoms with E-state index >= 15 is 0 Å². The van der Waals surface area contributed by atoms with Crippen molar-refractivity contribution >= 4 is 15.7 Å². The fourth-order valence-electron chi connectivity index (χ4n) is 2.00. The van der Waals surface area contributed by atoms with Gasteiger partial charge in [-0.05, 0) is 44.5 Å². The van der Waals surface area contributed by atoms with Gasteiger partial charge in [0.15, 0.2) is 0 Å². The van der Waals surface area contributed by atoms with Crippen molar-refractivity contribution in [2.75, 3.05) is 17.1 Å². The molecule has 6 heteroatoms. The minimum Gasteiger partial charge on any atom is -0.488 e. The number of aliphatic hydroxyl groups excluding tert-OH is 1. The summed E-state index contributed by atoms with van der Waals surface area (Å²) in [7, 11) is -3.29. The number of anilines is 1. The summed E-state index contributed by atoms with van der Waals surface area (Å²) < 4.78 is 32.1. The van der Waals surface area contributed by atoms with Crippen LogP contribution in [-0.4, -0.2) is 31.5 Å². The lowest BCUT2D eigenvalue weighted by atomic mass is 10.1. The van der Waals surface area contributed by atoms with Gasteiger partial charge in [-0.2, -0.15) is 0 Å². The molecule has 0 aliphatic heterocycles. The quantitative estimate of drug-likeness (QED) is 0.647. The second kappa shape index (κ2) is 8.39. The summed E-state index contributed by atoms with van der Waals surface area (Å²) in [6.45, 7) is 5.89. The average molecular weight is 329 g/mol. The number of aliphatic hydroxyl groups is 1. The SMILES string of the molecule is CCCCCS(=O)(=O)Nc1ccc(OC(C)(C)CCO)cc1. The highest BCUT2D eigenvalue weighted by Crippen LogP contribution is 2.23. The van der Waals surface area contributed by atoms with Crippen molar-refractivity contribution in [3.63, 3.8) is 0 Å². The molecule has 22 heavy (non-hydrogen) atoms. The van der Waals surface area contributed by atoms with Crippen molar-refractivity contribution in [3.05, 3.63) is 24.3 Å². The highest BCUT2D eigenvalue weighted by Gasteiger charge is 2.19. The van der Waals surface area contributed by atoms with Crippen molar-refractivity contribution in [3.8, 4) is 5.75 Å². The molecule has 0 atom stereocenters. The Labute approximate surface area is 133 Å². The third-order valence-corrected chi connectivity index (χ3v) is 4.63. The van der Waals surface area contributed by atoms with E-state index in [2.05, 4.69) is 4.72 Å². The molecule has 0 amide bonds. The molecular formula is C16H27NO4S. The van der Waals surface area contributed by atoms with Crippen molar-refractivity contribution < 1.29 is 18.3 Å². The van der Waals surface area contributed by atoms with Crippen LogP contribution in [-0.2, 0) is 10.0 Å². The third kappa shape index (κ3) is 7.13. The first-order valence-electron chi connectivity index (χ1n) is 7.68. The van der Waals surface area contributed by atoms with Gasteiger partial charge in [0.25, 0.3) is 0 Å². The second-order valence-electron chi connectivity index (χ2n) is 5.99. The predicted molar refractivity (Wildman–Crippen MR) is 89.8 cm³/mol. The minimum absolute atomic E-state index is 0.0582. The maximum atomic E-state index is 11.9. The molecule has 0 spiro atoms. The summed E-state index contributed by atoms with van der Waals surface area (Å²) in [4.78, 5) is 0. The van der Waals surface area contributed by atoms with Crippen LogP contribution < -0.4 is 9.46 Å². The van der Waals surface area contributed by atoms with Gasteiger partial charge in [0.05, 0.1) is 5.75 Å². The zero-order valence-electron chi connectivity index (χ0n) is 13.6. The lowest BCUT2D eigenvalue weighted by Crippen LogP contribution is -2.29. The average Bonchev–Trinajstić information content (AvgIpc) is 2.40. The van der Waals surface area contributed by atoms with Gasteiger partial charge in [0.1, 0.15) is 11.4 Å². The maximum Gasteiger partial charge on any atom is 0.232 e. The Kier molecular flexibility index (Phi) is 7.16. The van der Waals surface area contributed by atoms with Crippen LogP contribution >= 0.6 is 0 Å². The van der Waals surface area contributed by atoms with E-state index in [1.807, 2.05) is 20.8 Å². The summed E-state index contributed by atoms with van der Waals surface area (Å²) in [6, 6.07) is 6.81. The van der Waals surface area contributed by atoms with E-state index in [0.29, 0.717) is 24.3 Å². The van der Waals surface area contributed by atoms with Gasteiger partial charge in [0.2, 0.25) is 10.0 Å². The standard InChI is InChI=1S/C16H27NO4S/c1-4-5-6-13-22(19,20)17-14-7-9-15(10-8-14)21-16(2,3)11-12-18/h7-10,17-18H,4-6,11-13H2,1-3H3. The van der Waals surface area contributed by atoms with Crippen molar-refractivity contribution in [1.29, 1.82) is 0 Å². The van der Waals surface area contributed by atoms with Crippen LogP contribution in [0.25, 0.3) is 0 Å². The monoisotopic (exact) mass is 329 g/mol. The second-order valence-corrected chi connectivity index (χ2v) is 7.83. The highest BCUT2D eigenvalue weighted by molar-refractivity contribution is 7.92. The van der Waals surface area contributed by atoms with E-state index in [-0.39, 0.29) is 12.4 Å². The van der Waals surface area contributed by atoms with Crippen molar-refractivity contribution in [1.82, 2.24) is 0 Å². The van der Waals surface area contributed by atoms with Gasteiger partial charge in [-0.25, -0.2) is 8.42 Å². The smallest absolute Gasteiger partial charge is 0.232 e. The first-order chi connectivity index (χ1) is 10.3. The molecule has 2 N–H and O–H groups in total. The molecule has 0 heterocycles. The van der Waals surface area contributed by atoms with Crippen LogP contribution in [0.2, 0.25) is 0 Å². The number of hydrogen-bond donors (Lipinski definition) is 2. The number of sulfonamides is 1. The van der Waals surface area contributed by atoms with Gasteiger partial charge in [0, 0.05) is 18.7 Å². The van der Waals surface area contributed by atoms with E-state index in [4.69, 9.17) is 9.84 Å². The minimum atomic E-state index is -3.29. The lowest BCUT2D eigenvalue weighted by molar-refractivity contribution is 0.0765. The zero-order chi connectivity index (χ0) is 16.6. The molecule has 0 saturated carbocycles. The van der Waals surface area contributed by atoms with E-state index < -0.39 is 15.6 Å². The summed E-state index contributed by atoms with van der Waals surface area (Å²) in [6.07, 6.45) is 3.10. The normalized spacial score (nSPS) is 12.2. The summed E-state index contributed by atoms with van der Waals surface area (Å²) in [5.74, 6) is 0.787. The number of benzene rings is 1. The molecule has 0 fully saturated rings. The van der Waals surface area contributed by atoms with E-state index in [1.165, 1.54) is 0 Å². The van der Waals surface area contributed by atoms with Crippen molar-refractivity contribution in [2.45, 2.75) is 52.1 Å². The predicted octanol–water partition coefficient (Wildman–Crippen LogP) is 3.16. The molecule has 1 rings (SSSR count). The Hall–Kier alpha value is -1.27. The molecule has 0 radical (unpaired) electrons. The molecule has 0 aliphatic carbocycles. The Morgan fingerprint density at radius 1 is 1.18 bits per heavy atom. The Bertz CT molecular complexity index is 538. The molecule has 0 unspecified atom stereocenters. The summed E-state index contributed by atoms with van der Waals surface area (Å²) in [5, 5.41) is 8.98. The highest BCUT2D eigenvalue weighted by atomic mass is 32.2. The number of unbranched alkanes of at least 4 members (excludes halogenated alkanes) is 2. The Morgan fingerprint density at radius 3 is 2.36 bits per heavy atom. The van der Waals surface area contributed by atoms with Gasteiger partial charge in [-0.3, -0.25) is 4.72 Å². The van der Waals surface area contributed by atoms with Crippen LogP contribution in [0, 0.1) is 0 Å².